The van der Waals surface area contributed by atoms with Gasteiger partial charge in [-0.1, -0.05) is 24.3 Å². The number of methoxy groups -OCH3 is 1. The maximum Gasteiger partial charge on any atom is 0.328 e. The first-order valence-electron chi connectivity index (χ1n) is 5.86. The van der Waals surface area contributed by atoms with Crippen molar-refractivity contribution < 1.29 is 27.9 Å². The molecule has 8 heteroatoms. The van der Waals surface area contributed by atoms with E-state index in [1.807, 2.05) is 0 Å². The third kappa shape index (κ3) is 6.68. The maximum absolute atomic E-state index is 11.5. The molecule has 0 atom stereocenters. The smallest absolute Gasteiger partial charge is 0.328 e. The fourth-order valence-corrected chi connectivity index (χ4v) is 2.29. The fraction of sp³-hybridized carbons (Fsp3) is 0.231. The first kappa shape index (κ1) is 16.9. The lowest BCUT2D eigenvalue weighted by atomic mass is 10.1. The summed E-state index contributed by atoms with van der Waals surface area (Å²) in [6, 6.07) is 6.62. The Morgan fingerprint density at radius 1 is 1.29 bits per heavy atom. The van der Waals surface area contributed by atoms with E-state index in [4.69, 9.17) is 5.11 Å². The zero-order valence-corrected chi connectivity index (χ0v) is 12.1. The average Bonchev–Trinajstić information content (AvgIpc) is 2.43. The number of benzene rings is 1. The lowest BCUT2D eigenvalue weighted by Crippen LogP contribution is -2.30. The average molecular weight is 313 g/mol. The van der Waals surface area contributed by atoms with Gasteiger partial charge in [0.1, 0.15) is 0 Å². The summed E-state index contributed by atoms with van der Waals surface area (Å²) < 4.78 is 29.6. The number of hydrogen-bond acceptors (Lipinski definition) is 5. The standard InChI is InChI=1S/C13H15NO6S/c1-20-13(17)9-21(18,19)14-8-11-4-2-10(3-5-11)6-7-12(15)16/h2-7,14H,8-9H2,1H3,(H,15,16). The van der Waals surface area contributed by atoms with Gasteiger partial charge in [-0.3, -0.25) is 4.79 Å². The second-order valence-electron chi connectivity index (χ2n) is 4.07. The van der Waals surface area contributed by atoms with Gasteiger partial charge in [-0.25, -0.2) is 17.9 Å². The lowest BCUT2D eigenvalue weighted by molar-refractivity contribution is -0.137. The molecule has 0 aliphatic carbocycles. The molecule has 1 rings (SSSR count). The van der Waals surface area contributed by atoms with Gasteiger partial charge in [0.25, 0.3) is 0 Å². The Morgan fingerprint density at radius 3 is 2.43 bits per heavy atom. The third-order valence-electron chi connectivity index (χ3n) is 2.43. The number of ether oxygens (including phenoxy) is 1. The number of hydrogen-bond donors (Lipinski definition) is 2. The van der Waals surface area contributed by atoms with Gasteiger partial charge in [0.05, 0.1) is 7.11 Å². The molecule has 0 aliphatic rings. The van der Waals surface area contributed by atoms with Crippen LogP contribution in [0.4, 0.5) is 0 Å². The van der Waals surface area contributed by atoms with Gasteiger partial charge in [-0.05, 0) is 17.2 Å². The molecule has 2 N–H and O–H groups in total. The molecule has 114 valence electrons. The van der Waals surface area contributed by atoms with Crippen molar-refractivity contribution in [3.8, 4) is 0 Å². The number of aliphatic carboxylic acids is 1. The summed E-state index contributed by atoms with van der Waals surface area (Å²) in [6.45, 7) is 0.0300. The Balaban J connectivity index is 2.60. The van der Waals surface area contributed by atoms with Crippen LogP contribution >= 0.6 is 0 Å². The Labute approximate surface area is 122 Å². The van der Waals surface area contributed by atoms with Crippen molar-refractivity contribution in [2.75, 3.05) is 12.9 Å². The Hall–Kier alpha value is -2.19. The molecule has 0 aromatic heterocycles. The topological polar surface area (TPSA) is 110 Å². The molecule has 0 saturated heterocycles. The highest BCUT2D eigenvalue weighted by Crippen LogP contribution is 2.06. The number of carbonyl (C=O) groups excluding carboxylic acids is 1. The molecule has 0 heterocycles. The number of nitrogens with one attached hydrogen (secondary N) is 1. The molecule has 0 aliphatic heterocycles. The molecule has 0 unspecified atom stereocenters. The van der Waals surface area contributed by atoms with Crippen LogP contribution in [-0.4, -0.2) is 38.3 Å². The molecule has 7 nitrogen and oxygen atoms in total. The van der Waals surface area contributed by atoms with Crippen molar-refractivity contribution in [1.29, 1.82) is 0 Å². The second-order valence-corrected chi connectivity index (χ2v) is 5.88. The normalized spacial score (nSPS) is 11.5. The van der Waals surface area contributed by atoms with E-state index in [-0.39, 0.29) is 6.54 Å². The number of carboxylic acids is 1. The predicted octanol–water partition coefficient (Wildman–Crippen LogP) is 0.377. The van der Waals surface area contributed by atoms with Gasteiger partial charge < -0.3 is 9.84 Å². The van der Waals surface area contributed by atoms with Gasteiger partial charge in [0.15, 0.2) is 5.75 Å². The largest absolute Gasteiger partial charge is 0.478 e. The minimum Gasteiger partial charge on any atom is -0.478 e. The number of carboxylic acid groups (broad SMARTS) is 1. The van der Waals surface area contributed by atoms with E-state index >= 15 is 0 Å². The number of carbonyl (C=O) groups is 2. The van der Waals surface area contributed by atoms with Gasteiger partial charge in [0, 0.05) is 12.6 Å². The molecule has 0 fully saturated rings. The highest BCUT2D eigenvalue weighted by atomic mass is 32.2. The van der Waals surface area contributed by atoms with Crippen molar-refractivity contribution in [2.45, 2.75) is 6.54 Å². The van der Waals surface area contributed by atoms with E-state index in [1.54, 1.807) is 24.3 Å². The van der Waals surface area contributed by atoms with E-state index < -0.39 is 27.7 Å². The van der Waals surface area contributed by atoms with Crippen LogP contribution in [0.15, 0.2) is 30.3 Å². The summed E-state index contributed by atoms with van der Waals surface area (Å²) in [7, 11) is -2.63. The molecular formula is C13H15NO6S. The second kappa shape index (κ2) is 7.55. The van der Waals surface area contributed by atoms with E-state index in [2.05, 4.69) is 9.46 Å². The van der Waals surface area contributed by atoms with E-state index in [9.17, 15) is 18.0 Å². The molecule has 0 bridgehead atoms. The van der Waals surface area contributed by atoms with Crippen LogP contribution in [0.25, 0.3) is 6.08 Å². The number of rotatable bonds is 7. The van der Waals surface area contributed by atoms with Crippen LogP contribution < -0.4 is 4.72 Å². The van der Waals surface area contributed by atoms with Crippen LogP contribution in [0.2, 0.25) is 0 Å². The molecule has 0 amide bonds. The number of esters is 1. The molecule has 0 saturated carbocycles. The molecule has 21 heavy (non-hydrogen) atoms. The monoisotopic (exact) mass is 313 g/mol. The molecule has 1 aromatic rings. The Kier molecular flexibility index (Phi) is 6.07. The summed E-state index contributed by atoms with van der Waals surface area (Å²) in [6.07, 6.45) is 2.43. The van der Waals surface area contributed by atoms with Crippen LogP contribution in [0.1, 0.15) is 11.1 Å². The lowest BCUT2D eigenvalue weighted by Gasteiger charge is -2.06. The van der Waals surface area contributed by atoms with Gasteiger partial charge >= 0.3 is 11.9 Å². The molecular weight excluding hydrogens is 298 g/mol. The van der Waals surface area contributed by atoms with E-state index in [0.29, 0.717) is 11.1 Å². The highest BCUT2D eigenvalue weighted by Gasteiger charge is 2.16. The first-order valence-corrected chi connectivity index (χ1v) is 7.52. The zero-order chi connectivity index (χ0) is 15.9. The summed E-state index contributed by atoms with van der Waals surface area (Å²) in [5.74, 6) is -2.62. The summed E-state index contributed by atoms with van der Waals surface area (Å²) in [5.41, 5.74) is 1.36. The SMILES string of the molecule is COC(=O)CS(=O)(=O)NCc1ccc(C=CC(=O)O)cc1. The van der Waals surface area contributed by atoms with Gasteiger partial charge in [-0.2, -0.15) is 0 Å². The van der Waals surface area contributed by atoms with Crippen LogP contribution in [0, 0.1) is 0 Å². The van der Waals surface area contributed by atoms with E-state index in [1.165, 1.54) is 6.08 Å². The summed E-state index contributed by atoms with van der Waals surface area (Å²) >= 11 is 0. The van der Waals surface area contributed by atoms with Gasteiger partial charge in [-0.15, -0.1) is 0 Å². The summed E-state index contributed by atoms with van der Waals surface area (Å²) in [4.78, 5) is 21.3. The quantitative estimate of drug-likeness (QED) is 0.556. The minimum atomic E-state index is -3.74. The summed E-state index contributed by atoms with van der Waals surface area (Å²) in [5, 5.41) is 8.49. The minimum absolute atomic E-state index is 0.0300. The van der Waals surface area contributed by atoms with Crippen molar-refractivity contribution >= 4 is 28.0 Å². The first-order chi connectivity index (χ1) is 9.82. The van der Waals surface area contributed by atoms with Crippen LogP contribution in [0.3, 0.4) is 0 Å². The van der Waals surface area contributed by atoms with Crippen LogP contribution in [-0.2, 0) is 30.9 Å². The third-order valence-corrected chi connectivity index (χ3v) is 3.63. The van der Waals surface area contributed by atoms with Crippen molar-refractivity contribution in [1.82, 2.24) is 4.72 Å². The molecule has 0 radical (unpaired) electrons. The molecule has 0 spiro atoms. The Bertz CT molecular complexity index is 633. The predicted molar refractivity (Wildman–Crippen MR) is 75.8 cm³/mol. The van der Waals surface area contributed by atoms with Crippen molar-refractivity contribution in [3.63, 3.8) is 0 Å². The molecule has 1 aromatic carbocycles. The highest BCUT2D eigenvalue weighted by molar-refractivity contribution is 7.90. The number of sulfonamides is 1. The Morgan fingerprint density at radius 2 is 1.90 bits per heavy atom. The van der Waals surface area contributed by atoms with Crippen molar-refractivity contribution in [3.05, 3.63) is 41.5 Å². The fourth-order valence-electron chi connectivity index (χ4n) is 1.37. The maximum atomic E-state index is 11.5. The zero-order valence-electron chi connectivity index (χ0n) is 11.3. The van der Waals surface area contributed by atoms with Crippen LogP contribution in [0.5, 0.6) is 0 Å². The van der Waals surface area contributed by atoms with E-state index in [0.717, 1.165) is 13.2 Å². The van der Waals surface area contributed by atoms with Crippen molar-refractivity contribution in [2.24, 2.45) is 0 Å². The van der Waals surface area contributed by atoms with Gasteiger partial charge in [0.2, 0.25) is 10.0 Å².